The molecule has 0 unspecified atom stereocenters. The van der Waals surface area contributed by atoms with Gasteiger partial charge in [-0.2, -0.15) is 0 Å². The van der Waals surface area contributed by atoms with Crippen LogP contribution >= 0.6 is 0 Å². The Morgan fingerprint density at radius 1 is 0.700 bits per heavy atom. The first-order valence-electron chi connectivity index (χ1n) is 16.8. The summed E-state index contributed by atoms with van der Waals surface area (Å²) in [5, 5.41) is 20.2. The maximum absolute atomic E-state index is 13.7. The molecule has 4 aromatic carbocycles. The van der Waals surface area contributed by atoms with Crippen molar-refractivity contribution >= 4 is 40.2 Å². The molecule has 0 aliphatic rings. The van der Waals surface area contributed by atoms with Crippen LogP contribution < -0.4 is 16.0 Å². The first kappa shape index (κ1) is 37.3. The summed E-state index contributed by atoms with van der Waals surface area (Å²) in [6, 6.07) is 30.3. The first-order valence-corrected chi connectivity index (χ1v) is 16.8. The summed E-state index contributed by atoms with van der Waals surface area (Å²) >= 11 is 0. The standard InChI is InChI=1S/C41H45N3O6/c1-3-13-33(26-38(46)42-36(27-45)24-30-17-9-6-10-18-30)39(47)44-37(40(48)43-35-22-21-31-19-11-12-20-32(31)25-35)28-50-41(49)34(14-4-2)23-29-15-7-5-8-16-29/h3-12,15-22,25,33-34,36-37,45H,1-2,13-14,23-24,26-28H2,(H,42,46)(H,43,48)(H,44,47)/t33-,34-,36+,37+/m1/s1. The summed E-state index contributed by atoms with van der Waals surface area (Å²) in [7, 11) is 0. The number of rotatable bonds is 19. The quantitative estimate of drug-likeness (QED) is 0.0762. The van der Waals surface area contributed by atoms with Gasteiger partial charge in [0, 0.05) is 12.1 Å². The Labute approximate surface area is 293 Å². The summed E-state index contributed by atoms with van der Waals surface area (Å²) in [5.74, 6) is -3.54. The molecule has 0 spiro atoms. The van der Waals surface area contributed by atoms with E-state index in [1.807, 2.05) is 97.1 Å². The third kappa shape index (κ3) is 11.6. The van der Waals surface area contributed by atoms with Crippen LogP contribution in [-0.2, 0) is 36.8 Å². The number of anilines is 1. The zero-order valence-corrected chi connectivity index (χ0v) is 28.1. The number of carbonyl (C=O) groups excluding carboxylic acids is 4. The maximum atomic E-state index is 13.7. The average Bonchev–Trinajstić information content (AvgIpc) is 3.13. The highest BCUT2D eigenvalue weighted by Gasteiger charge is 2.30. The second kappa shape index (κ2) is 19.5. The number of aliphatic hydroxyl groups excluding tert-OH is 1. The van der Waals surface area contributed by atoms with Crippen LogP contribution in [0.25, 0.3) is 10.8 Å². The number of hydrogen-bond acceptors (Lipinski definition) is 6. The third-order valence-electron chi connectivity index (χ3n) is 8.32. The lowest BCUT2D eigenvalue weighted by atomic mass is 9.96. The summed E-state index contributed by atoms with van der Waals surface area (Å²) in [6.07, 6.45) is 4.32. The van der Waals surface area contributed by atoms with Crippen molar-refractivity contribution < 1.29 is 29.0 Å². The molecule has 0 fully saturated rings. The van der Waals surface area contributed by atoms with Crippen LogP contribution in [0.2, 0.25) is 0 Å². The monoisotopic (exact) mass is 675 g/mol. The van der Waals surface area contributed by atoms with Gasteiger partial charge in [0.25, 0.3) is 5.91 Å². The summed E-state index contributed by atoms with van der Waals surface area (Å²) in [6.45, 7) is 6.81. The van der Waals surface area contributed by atoms with Crippen molar-refractivity contribution in [1.82, 2.24) is 10.6 Å². The summed E-state index contributed by atoms with van der Waals surface area (Å²) in [4.78, 5) is 53.7. The highest BCUT2D eigenvalue weighted by atomic mass is 16.5. The molecule has 0 heterocycles. The molecule has 0 aliphatic heterocycles. The molecule has 4 atom stereocenters. The van der Waals surface area contributed by atoms with Gasteiger partial charge in [-0.05, 0) is 59.7 Å². The van der Waals surface area contributed by atoms with E-state index in [2.05, 4.69) is 29.1 Å². The van der Waals surface area contributed by atoms with Crippen molar-refractivity contribution in [2.45, 2.75) is 44.2 Å². The molecule has 0 radical (unpaired) electrons. The number of hydrogen-bond donors (Lipinski definition) is 4. The minimum absolute atomic E-state index is 0.152. The maximum Gasteiger partial charge on any atom is 0.309 e. The highest BCUT2D eigenvalue weighted by molar-refractivity contribution is 5.99. The lowest BCUT2D eigenvalue weighted by Gasteiger charge is -2.23. The summed E-state index contributed by atoms with van der Waals surface area (Å²) in [5.41, 5.74) is 2.40. The van der Waals surface area contributed by atoms with E-state index in [1.165, 1.54) is 6.08 Å². The van der Waals surface area contributed by atoms with E-state index < -0.39 is 54.2 Å². The van der Waals surface area contributed by atoms with Gasteiger partial charge in [0.05, 0.1) is 24.5 Å². The van der Waals surface area contributed by atoms with E-state index in [4.69, 9.17) is 4.74 Å². The number of fused-ring (bicyclic) bond motifs is 1. The molecule has 4 N–H and O–H groups in total. The van der Waals surface area contributed by atoms with E-state index in [-0.39, 0.29) is 19.4 Å². The molecule has 0 saturated heterocycles. The van der Waals surface area contributed by atoms with Crippen LogP contribution in [0.3, 0.4) is 0 Å². The normalized spacial score (nSPS) is 13.2. The van der Waals surface area contributed by atoms with Gasteiger partial charge in [-0.3, -0.25) is 19.2 Å². The SMILES string of the molecule is C=CC[C@H](CC(=O)N[C@H](CO)Cc1ccccc1)C(=O)N[C@@H](COC(=O)[C@H](CC=C)Cc1ccccc1)C(=O)Nc1ccc2ccccc2c1. The van der Waals surface area contributed by atoms with Crippen molar-refractivity contribution in [2.24, 2.45) is 11.8 Å². The highest BCUT2D eigenvalue weighted by Crippen LogP contribution is 2.20. The Balaban J connectivity index is 1.47. The Hall–Kier alpha value is -5.54. The van der Waals surface area contributed by atoms with Gasteiger partial charge in [0.1, 0.15) is 12.6 Å². The molecule has 260 valence electrons. The molecule has 0 bridgehead atoms. The molecular formula is C41H45N3O6. The predicted octanol–water partition coefficient (Wildman–Crippen LogP) is 5.54. The number of nitrogens with one attached hydrogen (secondary N) is 3. The fraction of sp³-hybridized carbons (Fsp3) is 0.268. The molecule has 9 nitrogen and oxygen atoms in total. The lowest BCUT2D eigenvalue weighted by Crippen LogP contribution is -2.50. The van der Waals surface area contributed by atoms with Gasteiger partial charge in [-0.15, -0.1) is 13.2 Å². The molecule has 4 rings (SSSR count). The molecule has 0 saturated carbocycles. The van der Waals surface area contributed by atoms with E-state index in [9.17, 15) is 24.3 Å². The van der Waals surface area contributed by atoms with Gasteiger partial charge >= 0.3 is 5.97 Å². The molecule has 0 aliphatic carbocycles. The number of esters is 1. The number of amides is 3. The summed E-state index contributed by atoms with van der Waals surface area (Å²) < 4.78 is 5.68. The van der Waals surface area contributed by atoms with Gasteiger partial charge in [-0.1, -0.05) is 103 Å². The van der Waals surface area contributed by atoms with Crippen LogP contribution in [0.4, 0.5) is 5.69 Å². The fourth-order valence-corrected chi connectivity index (χ4v) is 5.67. The molecule has 3 amide bonds. The first-order chi connectivity index (χ1) is 24.3. The topological polar surface area (TPSA) is 134 Å². The molecular weight excluding hydrogens is 630 g/mol. The van der Waals surface area contributed by atoms with Crippen LogP contribution in [-0.4, -0.2) is 54.1 Å². The molecule has 50 heavy (non-hydrogen) atoms. The van der Waals surface area contributed by atoms with Crippen molar-refractivity contribution in [2.75, 3.05) is 18.5 Å². The Morgan fingerprint density at radius 3 is 1.94 bits per heavy atom. The zero-order chi connectivity index (χ0) is 35.7. The van der Waals surface area contributed by atoms with Gasteiger partial charge in [-0.25, -0.2) is 0 Å². The Bertz CT molecular complexity index is 1740. The van der Waals surface area contributed by atoms with E-state index in [0.29, 0.717) is 24.9 Å². The number of benzene rings is 4. The minimum atomic E-state index is -1.27. The smallest absolute Gasteiger partial charge is 0.309 e. The second-order valence-electron chi connectivity index (χ2n) is 12.2. The number of carbonyl (C=O) groups is 4. The predicted molar refractivity (Wildman–Crippen MR) is 196 cm³/mol. The number of ether oxygens (including phenoxy) is 1. The minimum Gasteiger partial charge on any atom is -0.463 e. The lowest BCUT2D eigenvalue weighted by molar-refractivity contribution is -0.150. The van der Waals surface area contributed by atoms with Gasteiger partial charge in [0.2, 0.25) is 11.8 Å². The van der Waals surface area contributed by atoms with Crippen LogP contribution in [0.1, 0.15) is 30.4 Å². The number of aliphatic hydroxyl groups is 1. The molecule has 0 aromatic heterocycles. The largest absolute Gasteiger partial charge is 0.463 e. The van der Waals surface area contributed by atoms with Gasteiger partial charge in [0.15, 0.2) is 0 Å². The van der Waals surface area contributed by atoms with Crippen molar-refractivity contribution in [1.29, 1.82) is 0 Å². The second-order valence-corrected chi connectivity index (χ2v) is 12.2. The zero-order valence-electron chi connectivity index (χ0n) is 28.1. The van der Waals surface area contributed by atoms with Crippen molar-refractivity contribution in [3.63, 3.8) is 0 Å². The van der Waals surface area contributed by atoms with Crippen LogP contribution in [0, 0.1) is 11.8 Å². The Kier molecular flexibility index (Phi) is 14.5. The van der Waals surface area contributed by atoms with E-state index in [1.54, 1.807) is 12.1 Å². The number of allylic oxidation sites excluding steroid dienone is 2. The van der Waals surface area contributed by atoms with Crippen molar-refractivity contribution in [3.8, 4) is 0 Å². The van der Waals surface area contributed by atoms with Crippen LogP contribution in [0.5, 0.6) is 0 Å². The van der Waals surface area contributed by atoms with E-state index in [0.717, 1.165) is 21.9 Å². The fourth-order valence-electron chi connectivity index (χ4n) is 5.67. The van der Waals surface area contributed by atoms with Crippen molar-refractivity contribution in [3.05, 3.63) is 140 Å². The molecule has 4 aromatic rings. The van der Waals surface area contributed by atoms with Gasteiger partial charge < -0.3 is 25.8 Å². The average molecular weight is 676 g/mol. The molecule has 9 heteroatoms. The van der Waals surface area contributed by atoms with E-state index >= 15 is 0 Å². The Morgan fingerprint density at radius 2 is 1.30 bits per heavy atom. The van der Waals surface area contributed by atoms with Crippen LogP contribution in [0.15, 0.2) is 128 Å². The third-order valence-corrected chi connectivity index (χ3v) is 8.32.